The van der Waals surface area contributed by atoms with E-state index < -0.39 is 29.9 Å². The average molecular weight is 771 g/mol. The Balaban J connectivity index is 0.000000951. The number of nitrogens with zero attached hydrogens (tertiary/aromatic N) is 3. The summed E-state index contributed by atoms with van der Waals surface area (Å²) in [6.45, 7) is 15.1. The number of ether oxygens (including phenoxy) is 1. The van der Waals surface area contributed by atoms with Crippen LogP contribution < -0.4 is 25.9 Å². The van der Waals surface area contributed by atoms with E-state index in [9.17, 15) is 23.2 Å². The molecule has 0 fully saturated rings. The number of hydrogen-bond donors (Lipinski definition) is 3. The van der Waals surface area contributed by atoms with Crippen LogP contribution in [0.4, 0.5) is 31.5 Å². The zero-order valence-corrected chi connectivity index (χ0v) is 34.0. The van der Waals surface area contributed by atoms with Crippen molar-refractivity contribution in [2.75, 3.05) is 37.9 Å². The summed E-state index contributed by atoms with van der Waals surface area (Å²) in [5, 5.41) is 14.0. The second-order valence-corrected chi connectivity index (χ2v) is 12.2. The molecule has 13 heteroatoms. The van der Waals surface area contributed by atoms with Gasteiger partial charge in [-0.3, -0.25) is 9.59 Å². The third-order valence-electron chi connectivity index (χ3n) is 7.84. The number of anilines is 2. The molecule has 1 amide bonds. The van der Waals surface area contributed by atoms with Crippen LogP contribution in [0.2, 0.25) is 0 Å². The second kappa shape index (κ2) is 27.0. The van der Waals surface area contributed by atoms with Crippen LogP contribution in [-0.2, 0) is 11.3 Å². The molecule has 10 nitrogen and oxygen atoms in total. The maximum atomic E-state index is 14.6. The van der Waals surface area contributed by atoms with Crippen LogP contribution in [0.25, 0.3) is 0 Å². The van der Waals surface area contributed by atoms with E-state index in [0.717, 1.165) is 37.2 Å². The van der Waals surface area contributed by atoms with Crippen LogP contribution >= 0.6 is 0 Å². The number of carbonyl (C=O) groups excluding carboxylic acids is 3. The molecule has 1 atom stereocenters. The Morgan fingerprint density at radius 1 is 0.857 bits per heavy atom. The van der Waals surface area contributed by atoms with E-state index in [-0.39, 0.29) is 29.6 Å². The molecule has 0 bridgehead atoms. The van der Waals surface area contributed by atoms with Gasteiger partial charge in [0.2, 0.25) is 0 Å². The van der Waals surface area contributed by atoms with Gasteiger partial charge in [-0.15, -0.1) is 0 Å². The molecule has 0 unspecified atom stereocenters. The predicted octanol–water partition coefficient (Wildman–Crippen LogP) is 9.30. The third kappa shape index (κ3) is 17.6. The molecule has 0 radical (unpaired) electrons. The number of hydrogen-bond acceptors (Lipinski definition) is 9. The number of ketones is 2. The molecular formula is C43H57BF2N6O4. The normalized spacial score (nSPS) is 10.5. The molecule has 4 N–H and O–H groups in total. The maximum absolute atomic E-state index is 14.6. The Morgan fingerprint density at radius 2 is 1.43 bits per heavy atom. The quantitative estimate of drug-likeness (QED) is 0.0320. The fourth-order valence-corrected chi connectivity index (χ4v) is 4.73. The number of benzene rings is 4. The number of Topliss-reactive ketones (excluding diaryl/α,β-unsaturated/α-hetero) is 2. The number of rotatable bonds is 17. The van der Waals surface area contributed by atoms with Gasteiger partial charge in [0, 0.05) is 43.1 Å². The summed E-state index contributed by atoms with van der Waals surface area (Å²) < 4.78 is 34.4. The molecule has 0 aliphatic rings. The van der Waals surface area contributed by atoms with Gasteiger partial charge in [0.05, 0.1) is 11.4 Å². The first-order valence-electron chi connectivity index (χ1n) is 18.8. The van der Waals surface area contributed by atoms with Gasteiger partial charge in [0.15, 0.2) is 5.78 Å². The van der Waals surface area contributed by atoms with E-state index in [1.54, 1.807) is 62.5 Å². The SMILES string of the molecule is C=BNCCCC[C@H](C)C(=O)COc1c(F)cc(CNC(=O)c2ccc(N=Nc3ccc(N(C)C)cc3)cc2)cc1F.CC.CC.CC(=O)c1cccc(N)c1. The summed E-state index contributed by atoms with van der Waals surface area (Å²) in [5.74, 6) is -3.38. The molecule has 4 aromatic rings. The number of nitrogen functional groups attached to an aromatic ring is 1. The number of azo groups is 1. The molecule has 0 saturated heterocycles. The third-order valence-corrected chi connectivity index (χ3v) is 7.84. The molecular weight excluding hydrogens is 713 g/mol. The van der Waals surface area contributed by atoms with Crippen molar-refractivity contribution in [3.8, 4) is 5.75 Å². The van der Waals surface area contributed by atoms with Crippen molar-refractivity contribution in [2.45, 2.75) is 67.3 Å². The Hall–Kier alpha value is -5.72. The van der Waals surface area contributed by atoms with E-state index in [0.29, 0.717) is 34.6 Å². The van der Waals surface area contributed by atoms with Crippen LogP contribution in [0.15, 0.2) is 95.2 Å². The topological polar surface area (TPSA) is 138 Å². The average Bonchev–Trinajstić information content (AvgIpc) is 3.20. The fraction of sp³-hybridized carbons (Fsp3) is 0.349. The summed E-state index contributed by atoms with van der Waals surface area (Å²) >= 11 is 0. The number of amides is 1. The van der Waals surface area contributed by atoms with Crippen molar-refractivity contribution in [1.82, 2.24) is 10.5 Å². The van der Waals surface area contributed by atoms with Gasteiger partial charge < -0.3 is 16.0 Å². The molecule has 4 aromatic carbocycles. The Labute approximate surface area is 331 Å². The van der Waals surface area contributed by atoms with Crippen LogP contribution in [-0.4, -0.2) is 58.2 Å². The monoisotopic (exact) mass is 770 g/mol. The first-order valence-corrected chi connectivity index (χ1v) is 18.8. The van der Waals surface area contributed by atoms with Gasteiger partial charge >= 0.3 is 118 Å². The molecule has 4 rings (SSSR count). The molecule has 0 aliphatic carbocycles. The first kappa shape index (κ1) is 48.3. The molecule has 0 saturated carbocycles. The van der Waals surface area contributed by atoms with E-state index in [4.69, 9.17) is 10.5 Å². The van der Waals surface area contributed by atoms with Crippen molar-refractivity contribution in [2.24, 2.45) is 16.1 Å². The molecule has 0 aromatic heterocycles. The summed E-state index contributed by atoms with van der Waals surface area (Å²) in [7, 11) is 5.53. The number of halogens is 2. The minimum atomic E-state index is -0.943. The minimum Gasteiger partial charge on any atom is -0.399 e. The zero-order valence-electron chi connectivity index (χ0n) is 34.0. The molecule has 0 spiro atoms. The standard InChI is InChI=1S/C31H36BF2N5O3.C8H9NO.2C2H6/c1-21(7-5-6-16-36-32-2)29(40)20-42-30-27(33)17-22(18-28(30)34)19-35-31(41)23-8-10-24(11-9-23)37-38-25-12-14-26(15-13-25)39(3)4;1-6(10)7-3-2-4-8(9)5-7;2*1-2/h8-15,17-18,21,36H,2,5-7,16,19-20H2,1,3-4H3,(H,35,41);2-5H,9H2,1H3;2*1-2H3/t21-;;;/m0.../s1. The minimum absolute atomic E-state index is 0.0484. The number of nitrogens with one attached hydrogen (secondary N) is 2. The van der Waals surface area contributed by atoms with E-state index in [2.05, 4.69) is 27.2 Å². The van der Waals surface area contributed by atoms with Crippen molar-refractivity contribution < 1.29 is 27.9 Å². The first-order chi connectivity index (χ1) is 26.9. The van der Waals surface area contributed by atoms with Gasteiger partial charge in [0.1, 0.15) is 0 Å². The number of unbranched alkanes of at least 4 members (excludes halogenated alkanes) is 1. The molecule has 56 heavy (non-hydrogen) atoms. The Bertz CT molecular complexity index is 1810. The fourth-order valence-electron chi connectivity index (χ4n) is 4.73. The second-order valence-electron chi connectivity index (χ2n) is 12.2. The predicted molar refractivity (Wildman–Crippen MR) is 227 cm³/mol. The molecule has 0 heterocycles. The zero-order chi connectivity index (χ0) is 42.0. The van der Waals surface area contributed by atoms with Gasteiger partial charge in [-0.1, -0.05) is 39.8 Å². The van der Waals surface area contributed by atoms with Gasteiger partial charge in [-0.2, -0.15) is 10.2 Å². The van der Waals surface area contributed by atoms with Crippen molar-refractivity contribution in [3.63, 3.8) is 0 Å². The number of nitrogens with two attached hydrogens (primary N) is 1. The summed E-state index contributed by atoms with van der Waals surface area (Å²) in [5.41, 5.74) is 9.63. The van der Waals surface area contributed by atoms with Gasteiger partial charge in [0.25, 0.3) is 5.91 Å². The summed E-state index contributed by atoms with van der Waals surface area (Å²) in [6.07, 6.45) is 2.37. The van der Waals surface area contributed by atoms with Crippen LogP contribution in [0.3, 0.4) is 0 Å². The van der Waals surface area contributed by atoms with Gasteiger partial charge in [-0.05, 0) is 73.2 Å². The number of carbonyl (C=O) groups is 3. The summed E-state index contributed by atoms with van der Waals surface area (Å²) in [6, 6.07) is 23.2. The Morgan fingerprint density at radius 3 is 1.93 bits per heavy atom. The molecule has 300 valence electrons. The Kier molecular flexibility index (Phi) is 23.3. The van der Waals surface area contributed by atoms with Crippen LogP contribution in [0.5, 0.6) is 5.75 Å². The van der Waals surface area contributed by atoms with Crippen molar-refractivity contribution >= 4 is 53.7 Å². The van der Waals surface area contributed by atoms with E-state index >= 15 is 0 Å². The smallest absolute Gasteiger partial charge is 0.399 e. The van der Waals surface area contributed by atoms with Crippen LogP contribution in [0.1, 0.15) is 87.1 Å². The van der Waals surface area contributed by atoms with E-state index in [1.165, 1.54) is 6.92 Å². The van der Waals surface area contributed by atoms with Crippen molar-refractivity contribution in [3.05, 3.63) is 113 Å². The summed E-state index contributed by atoms with van der Waals surface area (Å²) in [4.78, 5) is 37.6. The molecule has 0 aliphatic heterocycles. The van der Waals surface area contributed by atoms with Crippen molar-refractivity contribution in [1.29, 1.82) is 0 Å². The van der Waals surface area contributed by atoms with E-state index in [1.807, 2.05) is 71.0 Å². The van der Waals surface area contributed by atoms with Crippen LogP contribution in [0, 0.1) is 17.6 Å². The van der Waals surface area contributed by atoms with Gasteiger partial charge in [-0.25, -0.2) is 0 Å².